The van der Waals surface area contributed by atoms with Gasteiger partial charge in [-0.2, -0.15) is 13.3 Å². The first kappa shape index (κ1) is 8.30. The molecule has 0 spiro atoms. The number of benzene rings is 1. The third-order valence-electron chi connectivity index (χ3n) is 2.10. The Labute approximate surface area is 78.0 Å². The number of nitrogens with zero attached hydrogens (tertiary/aromatic N) is 1. The minimum Gasteiger partial charge on any atom is -0.342 e. The molecule has 1 aromatic heterocycles. The molecule has 13 heavy (non-hydrogen) atoms. The molecule has 1 N–H and O–H groups in total. The quantitative estimate of drug-likeness (QED) is 0.695. The summed E-state index contributed by atoms with van der Waals surface area (Å²) in [6, 6.07) is 6.36. The predicted molar refractivity (Wildman–Crippen MR) is 54.5 cm³/mol. The summed E-state index contributed by atoms with van der Waals surface area (Å²) >= 11 is 0. The van der Waals surface area contributed by atoms with Crippen LogP contribution in [-0.2, 0) is 6.42 Å². The molecule has 0 radical (unpaired) electrons. The largest absolute Gasteiger partial charge is 0.342 e. The van der Waals surface area contributed by atoms with E-state index in [4.69, 9.17) is 0 Å². The fraction of sp³-hybridized carbons (Fsp3) is 0.273. The average molecular weight is 173 g/mol. The molecule has 0 bridgehead atoms. The Hall–Kier alpha value is -1.31. The molecule has 0 saturated heterocycles. The third kappa shape index (κ3) is 1.57. The normalized spacial score (nSPS) is 10.9. The van der Waals surface area contributed by atoms with E-state index in [1.165, 1.54) is 5.56 Å². The summed E-state index contributed by atoms with van der Waals surface area (Å²) in [5, 5.41) is 0. The maximum Gasteiger partial charge on any atom is 0.104 e. The fourth-order valence-electron chi connectivity index (χ4n) is 1.55. The van der Waals surface area contributed by atoms with E-state index in [0.29, 0.717) is 0 Å². The van der Waals surface area contributed by atoms with Crippen molar-refractivity contribution in [1.29, 1.82) is 0 Å². The third-order valence-corrected chi connectivity index (χ3v) is 2.10. The molecule has 2 rings (SSSR count). The van der Waals surface area contributed by atoms with Crippen LogP contribution in [-0.4, -0.2) is 9.97 Å². The molecule has 0 aliphatic rings. The van der Waals surface area contributed by atoms with Gasteiger partial charge in [0, 0.05) is 0 Å². The van der Waals surface area contributed by atoms with Gasteiger partial charge in [0.25, 0.3) is 0 Å². The summed E-state index contributed by atoms with van der Waals surface area (Å²) < 4.78 is 0. The van der Waals surface area contributed by atoms with Crippen molar-refractivity contribution < 1.29 is 0 Å². The highest BCUT2D eigenvalue weighted by molar-refractivity contribution is 5.75. The molecule has 0 aliphatic carbocycles. The molecule has 0 fully saturated rings. The number of aromatic amines is 1. The molecule has 0 unspecified atom stereocenters. The minimum absolute atomic E-state index is 0.979. The monoisotopic (exact) mass is 173 g/mol. The molecule has 0 aliphatic heterocycles. The Kier molecular flexibility index (Phi) is 2.05. The number of H-pyrrole nitrogens is 1. The summed E-state index contributed by atoms with van der Waals surface area (Å²) in [6.45, 7) is 4.05. The number of rotatable bonds is 2. The van der Waals surface area contributed by atoms with Gasteiger partial charge in [-0.15, -0.1) is 0 Å². The van der Waals surface area contributed by atoms with E-state index in [1.54, 1.807) is 0 Å². The summed E-state index contributed by atoms with van der Waals surface area (Å²) in [5.74, 6) is 0.979. The van der Waals surface area contributed by atoms with Crippen LogP contribution in [0.25, 0.3) is 11.0 Å². The standard InChI is InChI=1S/C11H13N2/c1-3-4-9-5-6-10-11(7-9)13-8(2)12-10/h3,5-7H,4H2,1-2H3,(H,12,13)/q-1. The van der Waals surface area contributed by atoms with Crippen molar-refractivity contribution in [2.24, 2.45) is 0 Å². The van der Waals surface area contributed by atoms with Crippen molar-refractivity contribution in [2.75, 3.05) is 0 Å². The van der Waals surface area contributed by atoms with Crippen molar-refractivity contribution >= 4 is 11.0 Å². The second-order valence-electron chi connectivity index (χ2n) is 3.29. The van der Waals surface area contributed by atoms with Crippen LogP contribution >= 0.6 is 0 Å². The van der Waals surface area contributed by atoms with Crippen LogP contribution in [0.5, 0.6) is 0 Å². The molecule has 0 saturated carbocycles. The topological polar surface area (TPSA) is 28.7 Å². The van der Waals surface area contributed by atoms with Crippen molar-refractivity contribution in [3.8, 4) is 0 Å². The van der Waals surface area contributed by atoms with E-state index in [1.807, 2.05) is 6.92 Å². The second-order valence-corrected chi connectivity index (χ2v) is 3.29. The molecule has 2 aromatic rings. The Morgan fingerprint density at radius 1 is 1.46 bits per heavy atom. The Balaban J connectivity index is 2.48. The molecule has 2 heteroatoms. The number of fused-ring (bicyclic) bond motifs is 1. The molecule has 1 heterocycles. The van der Waals surface area contributed by atoms with Gasteiger partial charge in [-0.25, -0.2) is 4.98 Å². The number of imidazole rings is 1. The highest BCUT2D eigenvalue weighted by atomic mass is 14.9. The van der Waals surface area contributed by atoms with Crippen LogP contribution in [0.4, 0.5) is 0 Å². The van der Waals surface area contributed by atoms with Gasteiger partial charge >= 0.3 is 0 Å². The lowest BCUT2D eigenvalue weighted by Crippen LogP contribution is -1.82. The van der Waals surface area contributed by atoms with E-state index >= 15 is 0 Å². The van der Waals surface area contributed by atoms with Crippen molar-refractivity contribution in [3.05, 3.63) is 36.0 Å². The van der Waals surface area contributed by atoms with Gasteiger partial charge in [-0.1, -0.05) is 11.6 Å². The summed E-state index contributed by atoms with van der Waals surface area (Å²) in [6.07, 6.45) is 3.18. The van der Waals surface area contributed by atoms with Gasteiger partial charge in [-0.05, 0) is 19.1 Å². The van der Waals surface area contributed by atoms with Gasteiger partial charge in [0.15, 0.2) is 0 Å². The number of hydrogen-bond acceptors (Lipinski definition) is 1. The molecule has 0 atom stereocenters. The van der Waals surface area contributed by atoms with Gasteiger partial charge < -0.3 is 11.4 Å². The molecule has 1 aromatic carbocycles. The summed E-state index contributed by atoms with van der Waals surface area (Å²) in [4.78, 5) is 7.58. The number of nitrogens with one attached hydrogen (secondary N) is 1. The Morgan fingerprint density at radius 3 is 3.08 bits per heavy atom. The van der Waals surface area contributed by atoms with Crippen LogP contribution in [0.2, 0.25) is 0 Å². The summed E-state index contributed by atoms with van der Waals surface area (Å²) in [5.41, 5.74) is 3.52. The van der Waals surface area contributed by atoms with Crippen LogP contribution in [0.1, 0.15) is 18.3 Å². The number of aryl methyl sites for hydroxylation is 1. The lowest BCUT2D eigenvalue weighted by atomic mass is 10.1. The zero-order valence-electron chi connectivity index (χ0n) is 7.96. The van der Waals surface area contributed by atoms with Crippen LogP contribution in [0.3, 0.4) is 0 Å². The maximum atomic E-state index is 4.35. The van der Waals surface area contributed by atoms with Crippen molar-refractivity contribution in [3.63, 3.8) is 0 Å². The predicted octanol–water partition coefficient (Wildman–Crippen LogP) is 2.64. The molecular weight excluding hydrogens is 160 g/mol. The summed E-state index contributed by atoms with van der Waals surface area (Å²) in [7, 11) is 0. The van der Waals surface area contributed by atoms with Crippen LogP contribution in [0.15, 0.2) is 18.2 Å². The highest BCUT2D eigenvalue weighted by Crippen LogP contribution is 2.14. The zero-order valence-corrected chi connectivity index (χ0v) is 7.96. The van der Waals surface area contributed by atoms with E-state index in [0.717, 1.165) is 23.3 Å². The molecular formula is C11H13N2-. The smallest absolute Gasteiger partial charge is 0.104 e. The van der Waals surface area contributed by atoms with Gasteiger partial charge in [0.1, 0.15) is 5.82 Å². The van der Waals surface area contributed by atoms with E-state index < -0.39 is 0 Å². The van der Waals surface area contributed by atoms with E-state index in [-0.39, 0.29) is 0 Å². The highest BCUT2D eigenvalue weighted by Gasteiger charge is 1.97. The van der Waals surface area contributed by atoms with Gasteiger partial charge in [0.05, 0.1) is 11.0 Å². The van der Waals surface area contributed by atoms with E-state index in [9.17, 15) is 0 Å². The Morgan fingerprint density at radius 2 is 2.31 bits per heavy atom. The number of hydrogen-bond donors (Lipinski definition) is 1. The lowest BCUT2D eigenvalue weighted by Gasteiger charge is -2.03. The van der Waals surface area contributed by atoms with Crippen LogP contribution < -0.4 is 0 Å². The molecule has 0 amide bonds. The molecule has 68 valence electrons. The number of aromatic nitrogens is 2. The minimum atomic E-state index is 0.979. The maximum absolute atomic E-state index is 4.35. The Bertz CT molecular complexity index is 415. The van der Waals surface area contributed by atoms with Gasteiger partial charge in [-0.3, -0.25) is 0 Å². The SMILES string of the molecule is C[CH-]Cc1ccc2nc(C)[nH]c2c1. The van der Waals surface area contributed by atoms with E-state index in [2.05, 4.69) is 41.5 Å². The van der Waals surface area contributed by atoms with Crippen molar-refractivity contribution in [1.82, 2.24) is 9.97 Å². The van der Waals surface area contributed by atoms with Crippen molar-refractivity contribution in [2.45, 2.75) is 20.3 Å². The fourth-order valence-corrected chi connectivity index (χ4v) is 1.55. The van der Waals surface area contributed by atoms with Gasteiger partial charge in [0.2, 0.25) is 0 Å². The first-order valence-electron chi connectivity index (χ1n) is 4.52. The first-order valence-corrected chi connectivity index (χ1v) is 4.52. The average Bonchev–Trinajstić information content (AvgIpc) is 2.44. The second kappa shape index (κ2) is 3.21. The first-order chi connectivity index (χ1) is 6.29. The van der Waals surface area contributed by atoms with Crippen LogP contribution in [0, 0.1) is 13.3 Å². The lowest BCUT2D eigenvalue weighted by molar-refractivity contribution is 1.14. The molecule has 2 nitrogen and oxygen atoms in total. The zero-order chi connectivity index (χ0) is 9.26.